The van der Waals surface area contributed by atoms with Crippen molar-refractivity contribution in [2.75, 3.05) is 0 Å². The standard InChI is InChI=1S/C12H24.Na.H/c1-3-5-7-9-11-12-10-8-6-4-2;;/h3,5H,4,6-12H2,1-2H3;;/q;+1;-1. The van der Waals surface area contributed by atoms with Crippen molar-refractivity contribution in [2.24, 2.45) is 0 Å². The predicted molar refractivity (Wildman–Crippen MR) is 58.5 cm³/mol. The zero-order valence-corrected chi connectivity index (χ0v) is 11.8. The molecular weight excluding hydrogens is 167 g/mol. The molecule has 0 unspecified atom stereocenters. The molecule has 0 amide bonds. The number of hydrogen-bond acceptors (Lipinski definition) is 0. The first-order valence-electron chi connectivity index (χ1n) is 5.53. The molecule has 0 aromatic carbocycles. The second-order valence-electron chi connectivity index (χ2n) is 3.48. The van der Waals surface area contributed by atoms with Crippen LogP contribution in [0.1, 0.15) is 66.6 Å². The zero-order valence-electron chi connectivity index (χ0n) is 10.8. The molecule has 1 heteroatoms. The Labute approximate surface area is 108 Å². The minimum atomic E-state index is 0. The Morgan fingerprint density at radius 1 is 0.923 bits per heavy atom. The molecule has 0 heterocycles. The molecule has 0 aromatic rings. The number of hydrogen-bond donors (Lipinski definition) is 0. The van der Waals surface area contributed by atoms with Crippen LogP contribution in [0.5, 0.6) is 0 Å². The van der Waals surface area contributed by atoms with Crippen LogP contribution >= 0.6 is 0 Å². The molecule has 0 bridgehead atoms. The summed E-state index contributed by atoms with van der Waals surface area (Å²) >= 11 is 0. The van der Waals surface area contributed by atoms with Crippen LogP contribution in [0.25, 0.3) is 0 Å². The van der Waals surface area contributed by atoms with Crippen LogP contribution in [0.15, 0.2) is 12.2 Å². The van der Waals surface area contributed by atoms with Crippen LogP contribution in [0.2, 0.25) is 0 Å². The SMILES string of the molecule is CC=CCCCCCCCCC.[H-].[Na+]. The number of unbranched alkanes of at least 4 members (excludes halogenated alkanes) is 7. The molecule has 0 aliphatic rings. The molecule has 0 aliphatic heterocycles. The maximum atomic E-state index is 2.27. The summed E-state index contributed by atoms with van der Waals surface area (Å²) in [5.74, 6) is 0. The monoisotopic (exact) mass is 192 g/mol. The fraction of sp³-hybridized carbons (Fsp3) is 0.833. The van der Waals surface area contributed by atoms with E-state index in [1.807, 2.05) is 0 Å². The molecule has 0 spiro atoms. The van der Waals surface area contributed by atoms with Gasteiger partial charge in [0.05, 0.1) is 0 Å². The Bertz CT molecular complexity index is 102. The maximum absolute atomic E-state index is 2.27. The predicted octanol–water partition coefficient (Wildman–Crippen LogP) is 1.82. The summed E-state index contributed by atoms with van der Waals surface area (Å²) in [6.45, 7) is 4.37. The minimum Gasteiger partial charge on any atom is -1.00 e. The van der Waals surface area contributed by atoms with Gasteiger partial charge in [0.1, 0.15) is 0 Å². The Morgan fingerprint density at radius 2 is 1.46 bits per heavy atom. The molecule has 74 valence electrons. The summed E-state index contributed by atoms with van der Waals surface area (Å²) < 4.78 is 0. The molecule has 0 saturated carbocycles. The molecular formula is C12H25Na. The van der Waals surface area contributed by atoms with E-state index in [4.69, 9.17) is 0 Å². The Morgan fingerprint density at radius 3 is 2.00 bits per heavy atom. The molecule has 0 rings (SSSR count). The molecule has 0 nitrogen and oxygen atoms in total. The summed E-state index contributed by atoms with van der Waals surface area (Å²) in [6, 6.07) is 0. The van der Waals surface area contributed by atoms with Gasteiger partial charge in [0, 0.05) is 0 Å². The molecule has 0 aliphatic carbocycles. The molecule has 0 N–H and O–H groups in total. The summed E-state index contributed by atoms with van der Waals surface area (Å²) in [6.07, 6.45) is 15.6. The van der Waals surface area contributed by atoms with Crippen molar-refractivity contribution in [1.82, 2.24) is 0 Å². The van der Waals surface area contributed by atoms with Gasteiger partial charge in [-0.2, -0.15) is 0 Å². The van der Waals surface area contributed by atoms with E-state index in [9.17, 15) is 0 Å². The Balaban J connectivity index is -0.000000605. The van der Waals surface area contributed by atoms with Crippen molar-refractivity contribution in [2.45, 2.75) is 65.2 Å². The van der Waals surface area contributed by atoms with Crippen molar-refractivity contribution < 1.29 is 31.0 Å². The normalized spacial score (nSPS) is 10.3. The maximum Gasteiger partial charge on any atom is 1.00 e. The van der Waals surface area contributed by atoms with E-state index >= 15 is 0 Å². The zero-order chi connectivity index (χ0) is 9.07. The van der Waals surface area contributed by atoms with Gasteiger partial charge in [0.25, 0.3) is 0 Å². The van der Waals surface area contributed by atoms with Crippen LogP contribution < -0.4 is 29.6 Å². The Hall–Kier alpha value is 0.740. The van der Waals surface area contributed by atoms with Crippen LogP contribution in [0.3, 0.4) is 0 Å². The fourth-order valence-electron chi connectivity index (χ4n) is 1.39. The third kappa shape index (κ3) is 15.5. The fourth-order valence-corrected chi connectivity index (χ4v) is 1.39. The topological polar surface area (TPSA) is 0 Å². The number of allylic oxidation sites excluding steroid dienone is 2. The van der Waals surface area contributed by atoms with E-state index in [1.165, 1.54) is 51.4 Å². The van der Waals surface area contributed by atoms with Crippen molar-refractivity contribution in [3.05, 3.63) is 12.2 Å². The van der Waals surface area contributed by atoms with Crippen molar-refractivity contribution in [3.8, 4) is 0 Å². The first kappa shape index (κ1) is 16.2. The first-order valence-corrected chi connectivity index (χ1v) is 5.53. The quantitative estimate of drug-likeness (QED) is 0.313. The smallest absolute Gasteiger partial charge is 1.00 e. The molecule has 0 saturated heterocycles. The summed E-state index contributed by atoms with van der Waals surface area (Å²) in [5.41, 5.74) is 0. The van der Waals surface area contributed by atoms with Gasteiger partial charge < -0.3 is 1.43 Å². The third-order valence-corrected chi connectivity index (χ3v) is 2.21. The van der Waals surface area contributed by atoms with Gasteiger partial charge in [0.2, 0.25) is 0 Å². The summed E-state index contributed by atoms with van der Waals surface area (Å²) in [5, 5.41) is 0. The van der Waals surface area contributed by atoms with E-state index in [0.29, 0.717) is 0 Å². The van der Waals surface area contributed by atoms with Crippen molar-refractivity contribution in [1.29, 1.82) is 0 Å². The van der Waals surface area contributed by atoms with Crippen LogP contribution in [-0.2, 0) is 0 Å². The van der Waals surface area contributed by atoms with Crippen LogP contribution in [-0.4, -0.2) is 0 Å². The van der Waals surface area contributed by atoms with Gasteiger partial charge in [-0.15, -0.1) is 0 Å². The minimum absolute atomic E-state index is 0. The summed E-state index contributed by atoms with van der Waals surface area (Å²) in [7, 11) is 0. The second kappa shape index (κ2) is 15.2. The van der Waals surface area contributed by atoms with Gasteiger partial charge in [-0.25, -0.2) is 0 Å². The third-order valence-electron chi connectivity index (χ3n) is 2.21. The number of rotatable bonds is 8. The van der Waals surface area contributed by atoms with Crippen molar-refractivity contribution >= 4 is 0 Å². The van der Waals surface area contributed by atoms with Gasteiger partial charge in [-0.3, -0.25) is 0 Å². The molecule has 0 aromatic heterocycles. The van der Waals surface area contributed by atoms with Crippen LogP contribution in [0.4, 0.5) is 0 Å². The van der Waals surface area contributed by atoms with E-state index in [2.05, 4.69) is 26.0 Å². The Kier molecular flexibility index (Phi) is 18.9. The van der Waals surface area contributed by atoms with E-state index in [0.717, 1.165) is 0 Å². The largest absolute Gasteiger partial charge is 1.00 e. The van der Waals surface area contributed by atoms with Gasteiger partial charge >= 0.3 is 29.6 Å². The van der Waals surface area contributed by atoms with E-state index < -0.39 is 0 Å². The molecule has 0 radical (unpaired) electrons. The molecule has 13 heavy (non-hydrogen) atoms. The van der Waals surface area contributed by atoms with Crippen LogP contribution in [0, 0.1) is 0 Å². The first-order chi connectivity index (χ1) is 5.91. The average Bonchev–Trinajstić information content (AvgIpc) is 2.10. The summed E-state index contributed by atoms with van der Waals surface area (Å²) in [4.78, 5) is 0. The van der Waals surface area contributed by atoms with Gasteiger partial charge in [-0.1, -0.05) is 57.6 Å². The van der Waals surface area contributed by atoms with E-state index in [-0.39, 0.29) is 31.0 Å². The van der Waals surface area contributed by atoms with E-state index in [1.54, 1.807) is 0 Å². The average molecular weight is 192 g/mol. The van der Waals surface area contributed by atoms with Gasteiger partial charge in [0.15, 0.2) is 0 Å². The molecule has 0 fully saturated rings. The second-order valence-corrected chi connectivity index (χ2v) is 3.48. The van der Waals surface area contributed by atoms with Crippen molar-refractivity contribution in [3.63, 3.8) is 0 Å². The van der Waals surface area contributed by atoms with Gasteiger partial charge in [-0.05, 0) is 19.8 Å². The molecule has 0 atom stereocenters.